The zero-order valence-electron chi connectivity index (χ0n) is 12.0. The highest BCUT2D eigenvalue weighted by Gasteiger charge is 2.14. The summed E-state index contributed by atoms with van der Waals surface area (Å²) in [7, 11) is 0. The average molecular weight is 299 g/mol. The van der Waals surface area contributed by atoms with Crippen molar-refractivity contribution in [3.05, 3.63) is 59.2 Å². The molecular weight excluding hydrogens is 282 g/mol. The predicted octanol–water partition coefficient (Wildman–Crippen LogP) is 2.45. The Morgan fingerprint density at radius 3 is 2.59 bits per heavy atom. The number of ether oxygens (including phenoxy) is 2. The first kappa shape index (κ1) is 14.4. The molecule has 114 valence electrons. The molecule has 2 aromatic carbocycles. The van der Waals surface area contributed by atoms with Gasteiger partial charge in [-0.15, -0.1) is 0 Å². The maximum absolute atomic E-state index is 10.8. The molecule has 0 bridgehead atoms. The number of carboxylic acids is 1. The summed E-state index contributed by atoms with van der Waals surface area (Å²) >= 11 is 0. The Bertz CT molecular complexity index is 667. The summed E-state index contributed by atoms with van der Waals surface area (Å²) in [6.07, 6.45) is 0. The highest BCUT2D eigenvalue weighted by atomic mass is 16.6. The number of hydrogen-bond acceptors (Lipinski definition) is 4. The molecular formula is C17H17NO4. The Morgan fingerprint density at radius 1 is 1.05 bits per heavy atom. The van der Waals surface area contributed by atoms with Gasteiger partial charge in [-0.2, -0.15) is 0 Å². The largest absolute Gasteiger partial charge is 0.486 e. The third-order valence-electron chi connectivity index (χ3n) is 3.49. The monoisotopic (exact) mass is 299 g/mol. The minimum absolute atomic E-state index is 0.298. The molecule has 0 aromatic heterocycles. The van der Waals surface area contributed by atoms with E-state index in [-0.39, 0.29) is 0 Å². The third-order valence-corrected chi connectivity index (χ3v) is 3.49. The molecule has 0 atom stereocenters. The van der Waals surface area contributed by atoms with Gasteiger partial charge in [0.25, 0.3) is 0 Å². The second-order valence-electron chi connectivity index (χ2n) is 5.05. The number of fused-ring (bicyclic) bond motifs is 1. The molecule has 0 unspecified atom stereocenters. The van der Waals surface area contributed by atoms with Crippen LogP contribution in [0.25, 0.3) is 0 Å². The molecule has 1 heterocycles. The Balaban J connectivity index is 1.60. The van der Waals surface area contributed by atoms with Crippen LogP contribution in [0.4, 0.5) is 0 Å². The molecule has 0 saturated heterocycles. The lowest BCUT2D eigenvalue weighted by atomic mass is 10.1. The molecule has 0 aliphatic carbocycles. The van der Waals surface area contributed by atoms with Gasteiger partial charge in [0, 0.05) is 18.7 Å². The summed E-state index contributed by atoms with van der Waals surface area (Å²) < 4.78 is 11.2. The molecule has 1 aliphatic rings. The van der Waals surface area contributed by atoms with Crippen LogP contribution in [0, 0.1) is 0 Å². The molecule has 2 aromatic rings. The first-order chi connectivity index (χ1) is 10.7. The molecule has 2 N–H and O–H groups in total. The summed E-state index contributed by atoms with van der Waals surface area (Å²) in [5.41, 5.74) is 2.39. The topological polar surface area (TPSA) is 67.8 Å². The fourth-order valence-electron chi connectivity index (χ4n) is 2.38. The lowest BCUT2D eigenvalue weighted by Gasteiger charge is -2.21. The zero-order chi connectivity index (χ0) is 15.4. The Hall–Kier alpha value is -2.53. The SMILES string of the molecule is O=C(O)c1ccc(CNCc2cccc3c2OCCO3)cc1. The first-order valence-electron chi connectivity index (χ1n) is 7.14. The highest BCUT2D eigenvalue weighted by Crippen LogP contribution is 2.33. The van der Waals surface area contributed by atoms with Crippen molar-refractivity contribution in [2.45, 2.75) is 13.1 Å². The number of benzene rings is 2. The first-order valence-corrected chi connectivity index (χ1v) is 7.14. The molecule has 5 heteroatoms. The van der Waals surface area contributed by atoms with Crippen LogP contribution in [0.15, 0.2) is 42.5 Å². The van der Waals surface area contributed by atoms with Crippen LogP contribution >= 0.6 is 0 Å². The molecule has 0 fully saturated rings. The van der Waals surface area contributed by atoms with Crippen LogP contribution < -0.4 is 14.8 Å². The number of rotatable bonds is 5. The summed E-state index contributed by atoms with van der Waals surface area (Å²) in [5.74, 6) is 0.686. The summed E-state index contributed by atoms with van der Waals surface area (Å²) in [6.45, 7) is 2.47. The smallest absolute Gasteiger partial charge is 0.335 e. The molecule has 0 amide bonds. The lowest BCUT2D eigenvalue weighted by Crippen LogP contribution is -2.19. The number of para-hydroxylation sites is 1. The molecule has 0 radical (unpaired) electrons. The summed E-state index contributed by atoms with van der Waals surface area (Å²) in [6, 6.07) is 12.7. The van der Waals surface area contributed by atoms with Crippen LogP contribution in [0.5, 0.6) is 11.5 Å². The van der Waals surface area contributed by atoms with Gasteiger partial charge < -0.3 is 19.9 Å². The van der Waals surface area contributed by atoms with Crippen molar-refractivity contribution in [1.82, 2.24) is 5.32 Å². The van der Waals surface area contributed by atoms with E-state index in [9.17, 15) is 4.79 Å². The Kier molecular flexibility index (Phi) is 4.25. The minimum atomic E-state index is -0.910. The van der Waals surface area contributed by atoms with Gasteiger partial charge in [-0.1, -0.05) is 24.3 Å². The van der Waals surface area contributed by atoms with E-state index in [4.69, 9.17) is 14.6 Å². The van der Waals surface area contributed by atoms with Gasteiger partial charge in [0.2, 0.25) is 0 Å². The molecule has 0 saturated carbocycles. The van der Waals surface area contributed by atoms with Gasteiger partial charge in [0.15, 0.2) is 11.5 Å². The summed E-state index contributed by atoms with van der Waals surface area (Å²) in [5, 5.41) is 12.2. The maximum Gasteiger partial charge on any atom is 0.335 e. The van der Waals surface area contributed by atoms with Gasteiger partial charge in [0.1, 0.15) is 13.2 Å². The van der Waals surface area contributed by atoms with E-state index < -0.39 is 5.97 Å². The average Bonchev–Trinajstić information content (AvgIpc) is 2.55. The van der Waals surface area contributed by atoms with Crippen LogP contribution in [-0.2, 0) is 13.1 Å². The van der Waals surface area contributed by atoms with Gasteiger partial charge in [-0.25, -0.2) is 4.79 Å². The van der Waals surface area contributed by atoms with Crippen LogP contribution in [0.2, 0.25) is 0 Å². The number of carboxylic acid groups (broad SMARTS) is 1. The highest BCUT2D eigenvalue weighted by molar-refractivity contribution is 5.87. The van der Waals surface area contributed by atoms with Gasteiger partial charge in [0.05, 0.1) is 5.56 Å². The zero-order valence-corrected chi connectivity index (χ0v) is 12.0. The van der Waals surface area contributed by atoms with Crippen LogP contribution in [0.3, 0.4) is 0 Å². The van der Waals surface area contributed by atoms with Crippen LogP contribution in [-0.4, -0.2) is 24.3 Å². The van der Waals surface area contributed by atoms with Gasteiger partial charge in [-0.3, -0.25) is 0 Å². The van der Waals surface area contributed by atoms with Crippen molar-refractivity contribution in [1.29, 1.82) is 0 Å². The van der Waals surface area contributed by atoms with Crippen LogP contribution in [0.1, 0.15) is 21.5 Å². The third kappa shape index (κ3) is 3.20. The van der Waals surface area contributed by atoms with Crippen molar-refractivity contribution in [3.8, 4) is 11.5 Å². The fraction of sp³-hybridized carbons (Fsp3) is 0.235. The van der Waals surface area contributed by atoms with Crippen molar-refractivity contribution in [2.75, 3.05) is 13.2 Å². The number of hydrogen-bond donors (Lipinski definition) is 2. The van der Waals surface area contributed by atoms with E-state index in [0.717, 1.165) is 22.6 Å². The van der Waals surface area contributed by atoms with E-state index in [1.807, 2.05) is 30.3 Å². The van der Waals surface area contributed by atoms with E-state index in [0.29, 0.717) is 31.9 Å². The Labute approximate surface area is 128 Å². The van der Waals surface area contributed by atoms with E-state index in [1.54, 1.807) is 12.1 Å². The van der Waals surface area contributed by atoms with Gasteiger partial charge >= 0.3 is 5.97 Å². The normalized spacial score (nSPS) is 12.9. The second-order valence-corrected chi connectivity index (χ2v) is 5.05. The minimum Gasteiger partial charge on any atom is -0.486 e. The van der Waals surface area contributed by atoms with Crippen molar-refractivity contribution < 1.29 is 19.4 Å². The lowest BCUT2D eigenvalue weighted by molar-refractivity contribution is 0.0697. The molecule has 0 spiro atoms. The summed E-state index contributed by atoms with van der Waals surface area (Å²) in [4.78, 5) is 10.8. The second kappa shape index (κ2) is 6.49. The molecule has 22 heavy (non-hydrogen) atoms. The molecule has 3 rings (SSSR count). The maximum atomic E-state index is 10.8. The van der Waals surface area contributed by atoms with Gasteiger partial charge in [-0.05, 0) is 23.8 Å². The van der Waals surface area contributed by atoms with E-state index >= 15 is 0 Å². The van der Waals surface area contributed by atoms with Crippen molar-refractivity contribution >= 4 is 5.97 Å². The standard InChI is InChI=1S/C17H17NO4/c19-17(20)13-6-4-12(5-7-13)10-18-11-14-2-1-3-15-16(14)22-9-8-21-15/h1-7,18H,8-11H2,(H,19,20). The number of carbonyl (C=O) groups is 1. The predicted molar refractivity (Wildman–Crippen MR) is 81.4 cm³/mol. The number of nitrogens with one attached hydrogen (secondary N) is 1. The van der Waals surface area contributed by atoms with E-state index in [2.05, 4.69) is 5.32 Å². The molecule has 5 nitrogen and oxygen atoms in total. The fourth-order valence-corrected chi connectivity index (χ4v) is 2.38. The Morgan fingerprint density at radius 2 is 1.82 bits per heavy atom. The molecule has 1 aliphatic heterocycles. The number of aromatic carboxylic acids is 1. The van der Waals surface area contributed by atoms with E-state index in [1.165, 1.54) is 0 Å². The quantitative estimate of drug-likeness (QED) is 0.887. The van der Waals surface area contributed by atoms with Crippen molar-refractivity contribution in [3.63, 3.8) is 0 Å². The van der Waals surface area contributed by atoms with Crippen molar-refractivity contribution in [2.24, 2.45) is 0 Å².